The Hall–Kier alpha value is -2.09. The molecule has 0 aliphatic rings. The molecule has 96 valence electrons. The standard InChI is InChI=1S/C13H19N5/c1-4-13(2,3)9-17-12(15)18(10-14)11-5-7-16-8-6-11/h5-8H,4,9H2,1-3H3,(H2,15,17). The van der Waals surface area contributed by atoms with E-state index < -0.39 is 0 Å². The van der Waals surface area contributed by atoms with Crippen LogP contribution in [-0.4, -0.2) is 17.5 Å². The summed E-state index contributed by atoms with van der Waals surface area (Å²) in [5.74, 6) is 0.213. The highest BCUT2D eigenvalue weighted by Gasteiger charge is 2.16. The molecule has 1 heterocycles. The van der Waals surface area contributed by atoms with E-state index in [1.54, 1.807) is 24.5 Å². The van der Waals surface area contributed by atoms with Gasteiger partial charge in [0.2, 0.25) is 5.96 Å². The second-order valence-corrected chi connectivity index (χ2v) is 4.83. The number of nitrogens with zero attached hydrogens (tertiary/aromatic N) is 4. The SMILES string of the molecule is CCC(C)(C)CN=C(N)N(C#N)c1ccncc1. The Labute approximate surface area is 108 Å². The van der Waals surface area contributed by atoms with Crippen molar-refractivity contribution in [2.45, 2.75) is 27.2 Å². The Morgan fingerprint density at radius 1 is 1.50 bits per heavy atom. The van der Waals surface area contributed by atoms with Gasteiger partial charge in [-0.05, 0) is 24.0 Å². The summed E-state index contributed by atoms with van der Waals surface area (Å²) in [5.41, 5.74) is 6.61. The summed E-state index contributed by atoms with van der Waals surface area (Å²) in [6.45, 7) is 6.94. The number of aromatic nitrogens is 1. The molecule has 1 aromatic heterocycles. The topological polar surface area (TPSA) is 78.3 Å². The third kappa shape index (κ3) is 3.74. The van der Waals surface area contributed by atoms with Crippen LogP contribution in [0.5, 0.6) is 0 Å². The molecule has 0 atom stereocenters. The number of nitriles is 1. The highest BCUT2D eigenvalue weighted by atomic mass is 15.2. The van der Waals surface area contributed by atoms with Gasteiger partial charge in [-0.1, -0.05) is 20.8 Å². The average molecular weight is 245 g/mol. The Morgan fingerprint density at radius 3 is 2.61 bits per heavy atom. The second-order valence-electron chi connectivity index (χ2n) is 4.83. The summed E-state index contributed by atoms with van der Waals surface area (Å²) in [7, 11) is 0. The highest BCUT2D eigenvalue weighted by Crippen LogP contribution is 2.20. The lowest BCUT2D eigenvalue weighted by atomic mass is 9.91. The molecular formula is C13H19N5. The summed E-state index contributed by atoms with van der Waals surface area (Å²) in [4.78, 5) is 9.49. The maximum Gasteiger partial charge on any atom is 0.209 e. The number of nitrogens with two attached hydrogens (primary N) is 1. The molecule has 5 nitrogen and oxygen atoms in total. The van der Waals surface area contributed by atoms with E-state index >= 15 is 0 Å². The van der Waals surface area contributed by atoms with Crippen LogP contribution in [0.15, 0.2) is 29.5 Å². The Kier molecular flexibility index (Phi) is 4.67. The number of hydrogen-bond donors (Lipinski definition) is 1. The van der Waals surface area contributed by atoms with E-state index in [1.807, 2.05) is 6.19 Å². The molecule has 0 saturated carbocycles. The van der Waals surface area contributed by atoms with Gasteiger partial charge in [-0.2, -0.15) is 5.26 Å². The van der Waals surface area contributed by atoms with Gasteiger partial charge in [-0.15, -0.1) is 0 Å². The summed E-state index contributed by atoms with van der Waals surface area (Å²) >= 11 is 0. The fraction of sp³-hybridized carbons (Fsp3) is 0.462. The van der Waals surface area contributed by atoms with Crippen LogP contribution in [-0.2, 0) is 0 Å². The fourth-order valence-corrected chi connectivity index (χ4v) is 1.21. The molecule has 0 amide bonds. The van der Waals surface area contributed by atoms with Gasteiger partial charge in [0, 0.05) is 18.9 Å². The summed E-state index contributed by atoms with van der Waals surface area (Å²) in [6, 6.07) is 3.44. The van der Waals surface area contributed by atoms with Crippen LogP contribution in [0.25, 0.3) is 0 Å². The minimum absolute atomic E-state index is 0.0873. The van der Waals surface area contributed by atoms with Crippen LogP contribution in [0, 0.1) is 16.9 Å². The van der Waals surface area contributed by atoms with Crippen molar-refractivity contribution in [1.82, 2.24) is 4.98 Å². The van der Waals surface area contributed by atoms with Crippen LogP contribution >= 0.6 is 0 Å². The molecule has 5 heteroatoms. The lowest BCUT2D eigenvalue weighted by Gasteiger charge is -2.21. The molecule has 0 aliphatic carbocycles. The molecule has 2 N–H and O–H groups in total. The number of aliphatic imine (C=N–C) groups is 1. The second kappa shape index (κ2) is 6.01. The lowest BCUT2D eigenvalue weighted by molar-refractivity contribution is 0.366. The predicted octanol–water partition coefficient (Wildman–Crippen LogP) is 2.12. The van der Waals surface area contributed by atoms with Crippen molar-refractivity contribution >= 4 is 11.6 Å². The monoisotopic (exact) mass is 245 g/mol. The number of anilines is 1. The van der Waals surface area contributed by atoms with Crippen LogP contribution in [0.2, 0.25) is 0 Å². The van der Waals surface area contributed by atoms with Crippen molar-refractivity contribution in [3.63, 3.8) is 0 Å². The predicted molar refractivity (Wildman–Crippen MR) is 72.9 cm³/mol. The van der Waals surface area contributed by atoms with E-state index in [9.17, 15) is 0 Å². The maximum absolute atomic E-state index is 9.13. The van der Waals surface area contributed by atoms with Crippen LogP contribution < -0.4 is 10.6 Å². The van der Waals surface area contributed by atoms with Crippen molar-refractivity contribution < 1.29 is 0 Å². The Morgan fingerprint density at radius 2 is 2.11 bits per heavy atom. The minimum Gasteiger partial charge on any atom is -0.369 e. The summed E-state index contributed by atoms with van der Waals surface area (Å²) in [6.07, 6.45) is 6.26. The number of pyridine rings is 1. The maximum atomic E-state index is 9.13. The summed E-state index contributed by atoms with van der Waals surface area (Å²) < 4.78 is 0. The smallest absolute Gasteiger partial charge is 0.209 e. The molecule has 18 heavy (non-hydrogen) atoms. The van der Waals surface area contributed by atoms with Gasteiger partial charge in [0.25, 0.3) is 0 Å². The first kappa shape index (κ1) is 14.0. The van der Waals surface area contributed by atoms with Crippen molar-refractivity contribution in [2.75, 3.05) is 11.4 Å². The number of guanidine groups is 1. The van der Waals surface area contributed by atoms with E-state index in [1.165, 1.54) is 4.90 Å². The molecular weight excluding hydrogens is 226 g/mol. The van der Waals surface area contributed by atoms with Crippen molar-refractivity contribution in [3.8, 4) is 6.19 Å². The van der Waals surface area contributed by atoms with Gasteiger partial charge in [0.15, 0.2) is 6.19 Å². The molecule has 0 spiro atoms. The Bertz CT molecular complexity index is 444. The number of rotatable bonds is 4. The largest absolute Gasteiger partial charge is 0.369 e. The van der Waals surface area contributed by atoms with E-state index in [-0.39, 0.29) is 11.4 Å². The van der Waals surface area contributed by atoms with Gasteiger partial charge < -0.3 is 5.73 Å². The molecule has 1 aromatic rings. The van der Waals surface area contributed by atoms with Crippen molar-refractivity contribution in [3.05, 3.63) is 24.5 Å². The van der Waals surface area contributed by atoms with E-state index in [0.717, 1.165) is 6.42 Å². The van der Waals surface area contributed by atoms with Crippen molar-refractivity contribution in [1.29, 1.82) is 5.26 Å². The van der Waals surface area contributed by atoms with Gasteiger partial charge >= 0.3 is 0 Å². The van der Waals surface area contributed by atoms with Gasteiger partial charge in [-0.3, -0.25) is 9.98 Å². The third-order valence-electron chi connectivity index (χ3n) is 2.88. The van der Waals surface area contributed by atoms with Crippen molar-refractivity contribution in [2.24, 2.45) is 16.1 Å². The molecule has 0 saturated heterocycles. The minimum atomic E-state index is 0.0873. The third-order valence-corrected chi connectivity index (χ3v) is 2.88. The zero-order valence-corrected chi connectivity index (χ0v) is 11.1. The molecule has 0 aromatic carbocycles. The fourth-order valence-electron chi connectivity index (χ4n) is 1.21. The first-order valence-corrected chi connectivity index (χ1v) is 5.90. The van der Waals surface area contributed by atoms with Crippen LogP contribution in [0.4, 0.5) is 5.69 Å². The highest BCUT2D eigenvalue weighted by molar-refractivity contribution is 5.97. The zero-order valence-electron chi connectivity index (χ0n) is 11.1. The Balaban J connectivity index is 2.85. The van der Waals surface area contributed by atoms with E-state index in [4.69, 9.17) is 11.0 Å². The van der Waals surface area contributed by atoms with Crippen LogP contribution in [0.3, 0.4) is 0 Å². The molecule has 0 fully saturated rings. The number of hydrogen-bond acceptors (Lipinski definition) is 3. The average Bonchev–Trinajstić information content (AvgIpc) is 2.39. The first-order chi connectivity index (χ1) is 8.50. The zero-order chi connectivity index (χ0) is 13.6. The van der Waals surface area contributed by atoms with E-state index in [0.29, 0.717) is 12.2 Å². The molecule has 0 unspecified atom stereocenters. The molecule has 0 bridgehead atoms. The lowest BCUT2D eigenvalue weighted by Crippen LogP contribution is -2.34. The van der Waals surface area contributed by atoms with Gasteiger partial charge in [0.05, 0.1) is 5.69 Å². The van der Waals surface area contributed by atoms with Crippen LogP contribution in [0.1, 0.15) is 27.2 Å². The molecule has 0 aliphatic heterocycles. The molecule has 1 rings (SSSR count). The first-order valence-electron chi connectivity index (χ1n) is 5.90. The molecule has 0 radical (unpaired) electrons. The normalized spacial score (nSPS) is 12.0. The van der Waals surface area contributed by atoms with Gasteiger partial charge in [0.1, 0.15) is 0 Å². The van der Waals surface area contributed by atoms with Gasteiger partial charge in [-0.25, -0.2) is 4.90 Å². The summed E-state index contributed by atoms with van der Waals surface area (Å²) in [5, 5.41) is 9.13. The van der Waals surface area contributed by atoms with E-state index in [2.05, 4.69) is 30.7 Å². The quantitative estimate of drug-likeness (QED) is 0.381.